The largest absolute Gasteiger partial charge is 0.494 e. The van der Waals surface area contributed by atoms with E-state index < -0.39 is 0 Å². The summed E-state index contributed by atoms with van der Waals surface area (Å²) in [5, 5.41) is 15.3. The van der Waals surface area contributed by atoms with Crippen molar-refractivity contribution in [2.24, 2.45) is 0 Å². The van der Waals surface area contributed by atoms with Gasteiger partial charge in [-0.15, -0.1) is 0 Å². The second-order valence-corrected chi connectivity index (χ2v) is 33.2. The quantitative estimate of drug-likeness (QED) is 0.122. The summed E-state index contributed by atoms with van der Waals surface area (Å²) in [5.41, 5.74) is 32.9. The Balaban J connectivity index is 0.000000117. The highest BCUT2D eigenvalue weighted by molar-refractivity contribution is 9.10. The third kappa shape index (κ3) is 12.6. The lowest BCUT2D eigenvalue weighted by molar-refractivity contribution is 0.00578. The molecule has 1 fully saturated rings. The normalized spacial score (nSPS) is 13.2. The van der Waals surface area contributed by atoms with Gasteiger partial charge in [-0.2, -0.15) is 0 Å². The van der Waals surface area contributed by atoms with Gasteiger partial charge in [-0.25, -0.2) is 0 Å². The Bertz CT molecular complexity index is 7250. The van der Waals surface area contributed by atoms with Crippen LogP contribution in [0.3, 0.4) is 0 Å². The van der Waals surface area contributed by atoms with Crippen molar-refractivity contribution in [1.29, 1.82) is 0 Å². The molecule has 0 N–H and O–H groups in total. The summed E-state index contributed by atoms with van der Waals surface area (Å²) in [5.74, 6) is 0. The fourth-order valence-electron chi connectivity index (χ4n) is 18.7. The Labute approximate surface area is 697 Å². The molecule has 0 spiro atoms. The third-order valence-corrected chi connectivity index (χ3v) is 25.6. The number of halogens is 1. The fraction of sp³-hybridized carbons (Fsp3) is 0.0526. The van der Waals surface area contributed by atoms with Crippen LogP contribution in [0, 0.1) is 0 Å². The van der Waals surface area contributed by atoms with Crippen molar-refractivity contribution in [1.82, 2.24) is 0 Å². The van der Waals surface area contributed by atoms with Crippen molar-refractivity contribution >= 4 is 93.1 Å². The SMILES string of the molecule is Brc1ccc(-c2c3ccccc3c(-c3ccc4ccccc4c3)c3ccccc23)cc1.CC1(C)OB(c2ccc3c(c2)-c2ccccc2-c2ccccc2-c2ccccc2-3)OC1(C)C.c1ccc2c(c1)-c1ccccc1-c1ccc(-c3ccc(-c4c5ccccc5c(-c5ccc6ccccc6c5)c5ccccc45)cc3)cc1-c1ccccc1-2. The summed E-state index contributed by atoms with van der Waals surface area (Å²) in [6.45, 7) is 8.40. The maximum Gasteiger partial charge on any atom is 0.494 e. The van der Waals surface area contributed by atoms with Crippen LogP contribution >= 0.6 is 15.9 Å². The Morgan fingerprint density at radius 1 is 0.186 bits per heavy atom. The molecule has 0 atom stereocenters. The number of hydrogen-bond acceptors (Lipinski definition) is 2. The number of hydrogen-bond donors (Lipinski definition) is 0. The van der Waals surface area contributed by atoms with Gasteiger partial charge in [0.15, 0.2) is 0 Å². The summed E-state index contributed by atoms with van der Waals surface area (Å²) in [6, 6.07) is 151. The van der Waals surface area contributed by atoms with Crippen molar-refractivity contribution in [2.75, 3.05) is 0 Å². The van der Waals surface area contributed by atoms with Gasteiger partial charge in [-0.3, -0.25) is 0 Å². The second kappa shape index (κ2) is 29.6. The topological polar surface area (TPSA) is 18.5 Å². The minimum Gasteiger partial charge on any atom is -0.399 e. The van der Waals surface area contributed by atoms with E-state index in [1.807, 2.05) is 0 Å². The van der Waals surface area contributed by atoms with E-state index in [-0.39, 0.29) is 18.3 Å². The lowest BCUT2D eigenvalue weighted by Crippen LogP contribution is -2.41. The van der Waals surface area contributed by atoms with Gasteiger partial charge in [-0.05, 0) is 273 Å². The van der Waals surface area contributed by atoms with Crippen molar-refractivity contribution in [2.45, 2.75) is 38.9 Å². The Morgan fingerprint density at radius 2 is 0.415 bits per heavy atom. The van der Waals surface area contributed by atoms with E-state index in [1.54, 1.807) is 0 Å². The molecule has 1 saturated heterocycles. The predicted octanol–water partition coefficient (Wildman–Crippen LogP) is 31.3. The first-order valence-electron chi connectivity index (χ1n) is 40.9. The zero-order valence-corrected chi connectivity index (χ0v) is 67.6. The van der Waals surface area contributed by atoms with E-state index in [4.69, 9.17) is 9.31 Å². The van der Waals surface area contributed by atoms with Crippen molar-refractivity contribution in [3.05, 3.63) is 417 Å². The lowest BCUT2D eigenvalue weighted by Gasteiger charge is -2.32. The van der Waals surface area contributed by atoms with Crippen LogP contribution in [0.15, 0.2) is 417 Å². The minimum atomic E-state index is -0.388. The fourth-order valence-corrected chi connectivity index (χ4v) is 18.9. The van der Waals surface area contributed by atoms with Crippen LogP contribution < -0.4 is 5.46 Å². The molecular formula is C114H80BBrO2. The van der Waals surface area contributed by atoms with Crippen LogP contribution in [0.2, 0.25) is 0 Å². The second-order valence-electron chi connectivity index (χ2n) is 32.3. The predicted molar refractivity (Wildman–Crippen MR) is 506 cm³/mol. The standard InChI is InChI=1S/C54H34.C30H27BO2.C30H19Br/c1-2-14-38-33-40(30-27-35(38)13-1)54-50-23-11-9-21-48(50)53(49-22-10-12-24-51(49)54)37-28-25-36(26-29-37)39-31-32-47-45-19-6-5-17-43(45)41-15-3-4-16-42(41)44-18-7-8-20-46(44)52(47)34-39;1-29(2)30(3,4)33-31(32-29)20-17-18-27-25-15-8-7-13-23(25)21-11-5-6-12-22(21)24-14-9-10-16-26(24)28(27)19-20;31-24-17-15-21(16-18-24)29-25-9-3-5-11-27(25)30(28-12-6-4-10-26(28)29)23-14-13-20-7-1-2-8-22(20)19-23/h1-34H;5-19H,1-4H3;1-19H. The van der Waals surface area contributed by atoms with Crippen LogP contribution in [-0.2, 0) is 9.31 Å². The molecule has 20 aromatic carbocycles. The molecule has 2 nitrogen and oxygen atoms in total. The number of fused-ring (bicyclic) bond motifs is 22. The summed E-state index contributed by atoms with van der Waals surface area (Å²) in [7, 11) is -0.388. The van der Waals surface area contributed by atoms with Gasteiger partial charge in [-0.1, -0.05) is 398 Å². The van der Waals surface area contributed by atoms with Crippen molar-refractivity contribution < 1.29 is 9.31 Å². The molecule has 0 aromatic heterocycles. The average molecular weight is 1570 g/mol. The summed E-state index contributed by atoms with van der Waals surface area (Å²) < 4.78 is 13.9. The van der Waals surface area contributed by atoms with Crippen molar-refractivity contribution in [3.8, 4) is 145 Å². The van der Waals surface area contributed by atoms with Crippen LogP contribution in [0.25, 0.3) is 209 Å². The summed E-state index contributed by atoms with van der Waals surface area (Å²) in [4.78, 5) is 0. The van der Waals surface area contributed by atoms with Crippen molar-refractivity contribution in [3.63, 3.8) is 0 Å². The first-order valence-corrected chi connectivity index (χ1v) is 41.7. The van der Waals surface area contributed by atoms with Crippen LogP contribution in [0.4, 0.5) is 0 Å². The van der Waals surface area contributed by atoms with E-state index >= 15 is 0 Å². The monoisotopic (exact) mass is 1570 g/mol. The first kappa shape index (κ1) is 72.2. The van der Waals surface area contributed by atoms with Crippen LogP contribution in [-0.4, -0.2) is 18.3 Å². The first-order chi connectivity index (χ1) is 57.9. The number of rotatable bonds is 6. The van der Waals surface area contributed by atoms with Gasteiger partial charge in [0.1, 0.15) is 0 Å². The molecule has 0 bridgehead atoms. The maximum absolute atomic E-state index is 6.39. The molecular weight excluding hydrogens is 1490 g/mol. The Morgan fingerprint density at radius 3 is 0.746 bits per heavy atom. The highest BCUT2D eigenvalue weighted by Gasteiger charge is 2.52. The molecule has 4 heteroatoms. The summed E-state index contributed by atoms with van der Waals surface area (Å²) in [6.07, 6.45) is 0. The van der Waals surface area contributed by atoms with Gasteiger partial charge in [0.25, 0.3) is 0 Å². The molecule has 3 aliphatic rings. The highest BCUT2D eigenvalue weighted by Crippen LogP contribution is 2.53. The van der Waals surface area contributed by atoms with Gasteiger partial charge < -0.3 is 9.31 Å². The molecule has 1 heterocycles. The molecule has 558 valence electrons. The van der Waals surface area contributed by atoms with E-state index in [1.165, 1.54) is 209 Å². The molecule has 0 unspecified atom stereocenters. The maximum atomic E-state index is 6.39. The average Bonchev–Trinajstić information content (AvgIpc) is 1.71. The molecule has 1 aliphatic heterocycles. The third-order valence-electron chi connectivity index (χ3n) is 25.1. The smallest absolute Gasteiger partial charge is 0.399 e. The number of benzene rings is 20. The molecule has 118 heavy (non-hydrogen) atoms. The molecule has 23 rings (SSSR count). The van der Waals surface area contributed by atoms with E-state index in [0.717, 1.165) is 9.94 Å². The van der Waals surface area contributed by atoms with Gasteiger partial charge >= 0.3 is 7.12 Å². The molecule has 0 amide bonds. The Kier molecular flexibility index (Phi) is 18.1. The molecule has 0 radical (unpaired) electrons. The van der Waals surface area contributed by atoms with Gasteiger partial charge in [0.05, 0.1) is 11.2 Å². The molecule has 0 saturated carbocycles. The van der Waals surface area contributed by atoms with E-state index in [2.05, 4.69) is 456 Å². The minimum absolute atomic E-state index is 0.370. The molecule has 20 aromatic rings. The van der Waals surface area contributed by atoms with Gasteiger partial charge in [0.2, 0.25) is 0 Å². The zero-order valence-electron chi connectivity index (χ0n) is 66.0. The van der Waals surface area contributed by atoms with Crippen LogP contribution in [0.5, 0.6) is 0 Å². The van der Waals surface area contributed by atoms with E-state index in [0.29, 0.717) is 0 Å². The zero-order chi connectivity index (χ0) is 79.2. The van der Waals surface area contributed by atoms with Gasteiger partial charge in [0, 0.05) is 4.47 Å². The molecule has 2 aliphatic carbocycles. The Hall–Kier alpha value is -13.6. The summed E-state index contributed by atoms with van der Waals surface area (Å²) >= 11 is 3.58. The highest BCUT2D eigenvalue weighted by atomic mass is 79.9. The van der Waals surface area contributed by atoms with E-state index in [9.17, 15) is 0 Å². The van der Waals surface area contributed by atoms with Crippen LogP contribution in [0.1, 0.15) is 27.7 Å². The lowest BCUT2D eigenvalue weighted by atomic mass is 9.74.